The number of aryl methyl sites for hydroxylation is 2. The first-order valence-corrected chi connectivity index (χ1v) is 8.05. The standard InChI is InChI=1S/C16H19N5O2/c1-9-17-7-13(14(18-9)11-3-4-11)16(22)21-6-5-12(8-21)15-19-10(2)20-23-15/h7,11-12H,3-6,8H2,1-2H3/t12-/m1/s1. The molecule has 120 valence electrons. The van der Waals surface area contributed by atoms with Crippen LogP contribution in [0.2, 0.25) is 0 Å². The molecule has 23 heavy (non-hydrogen) atoms. The Morgan fingerprint density at radius 1 is 1.17 bits per heavy atom. The van der Waals surface area contributed by atoms with E-state index in [4.69, 9.17) is 4.52 Å². The molecule has 2 fully saturated rings. The molecular formula is C16H19N5O2. The zero-order valence-corrected chi connectivity index (χ0v) is 13.3. The molecule has 2 aromatic rings. The molecule has 0 spiro atoms. The monoisotopic (exact) mass is 313 g/mol. The number of likely N-dealkylation sites (tertiary alicyclic amines) is 1. The van der Waals surface area contributed by atoms with Crippen molar-refractivity contribution in [1.29, 1.82) is 0 Å². The predicted octanol–water partition coefficient (Wildman–Crippen LogP) is 1.98. The Morgan fingerprint density at radius 3 is 2.70 bits per heavy atom. The van der Waals surface area contributed by atoms with Crippen LogP contribution in [0.1, 0.15) is 64.7 Å². The van der Waals surface area contributed by atoms with Gasteiger partial charge in [0.25, 0.3) is 5.91 Å². The predicted molar refractivity (Wildman–Crippen MR) is 81.0 cm³/mol. The van der Waals surface area contributed by atoms with E-state index in [0.717, 1.165) is 30.8 Å². The lowest BCUT2D eigenvalue weighted by atomic mass is 10.1. The van der Waals surface area contributed by atoms with Crippen molar-refractivity contribution in [1.82, 2.24) is 25.0 Å². The minimum Gasteiger partial charge on any atom is -0.339 e. The summed E-state index contributed by atoms with van der Waals surface area (Å²) >= 11 is 0. The van der Waals surface area contributed by atoms with Gasteiger partial charge in [-0.2, -0.15) is 4.98 Å². The van der Waals surface area contributed by atoms with E-state index >= 15 is 0 Å². The summed E-state index contributed by atoms with van der Waals surface area (Å²) in [4.78, 5) is 27.7. The number of hydrogen-bond donors (Lipinski definition) is 0. The third-order valence-electron chi connectivity index (χ3n) is 4.50. The van der Waals surface area contributed by atoms with E-state index in [1.165, 1.54) is 0 Å². The van der Waals surface area contributed by atoms with Crippen molar-refractivity contribution in [3.05, 3.63) is 35.0 Å². The number of hydrogen-bond acceptors (Lipinski definition) is 6. The Balaban J connectivity index is 1.54. The van der Waals surface area contributed by atoms with Gasteiger partial charge in [-0.3, -0.25) is 4.79 Å². The summed E-state index contributed by atoms with van der Waals surface area (Å²) in [5, 5.41) is 3.83. The average molecular weight is 313 g/mol. The summed E-state index contributed by atoms with van der Waals surface area (Å²) < 4.78 is 5.25. The normalized spacial score (nSPS) is 21.0. The van der Waals surface area contributed by atoms with E-state index in [9.17, 15) is 4.79 Å². The molecule has 7 nitrogen and oxygen atoms in total. The summed E-state index contributed by atoms with van der Waals surface area (Å²) in [6, 6.07) is 0. The van der Waals surface area contributed by atoms with Gasteiger partial charge in [0.2, 0.25) is 5.89 Å². The van der Waals surface area contributed by atoms with Crippen LogP contribution in [0.3, 0.4) is 0 Å². The van der Waals surface area contributed by atoms with Crippen LogP contribution in [0, 0.1) is 13.8 Å². The second-order valence-corrected chi connectivity index (χ2v) is 6.41. The number of carbonyl (C=O) groups excluding carboxylic acids is 1. The third kappa shape index (κ3) is 2.71. The van der Waals surface area contributed by atoms with E-state index in [-0.39, 0.29) is 11.8 Å². The van der Waals surface area contributed by atoms with Crippen LogP contribution in [0.15, 0.2) is 10.7 Å². The number of rotatable bonds is 3. The molecule has 0 aromatic carbocycles. The number of aromatic nitrogens is 4. The minimum atomic E-state index is 0.0191. The molecule has 2 aromatic heterocycles. The number of carbonyl (C=O) groups is 1. The highest BCUT2D eigenvalue weighted by molar-refractivity contribution is 5.95. The maximum Gasteiger partial charge on any atom is 0.257 e. The fraction of sp³-hybridized carbons (Fsp3) is 0.562. The maximum atomic E-state index is 12.9. The van der Waals surface area contributed by atoms with E-state index in [2.05, 4.69) is 20.1 Å². The largest absolute Gasteiger partial charge is 0.339 e. The lowest BCUT2D eigenvalue weighted by molar-refractivity contribution is 0.0787. The fourth-order valence-corrected chi connectivity index (χ4v) is 3.12. The quantitative estimate of drug-likeness (QED) is 0.861. The Labute approximate surface area is 134 Å². The Hall–Kier alpha value is -2.31. The van der Waals surface area contributed by atoms with Gasteiger partial charge in [0.15, 0.2) is 5.82 Å². The van der Waals surface area contributed by atoms with Gasteiger partial charge in [-0.25, -0.2) is 9.97 Å². The molecule has 0 radical (unpaired) electrons. The molecule has 0 unspecified atom stereocenters. The Bertz CT molecular complexity index is 753. The first-order valence-electron chi connectivity index (χ1n) is 8.05. The number of amides is 1. The van der Waals surface area contributed by atoms with Gasteiger partial charge in [-0.05, 0) is 33.1 Å². The lowest BCUT2D eigenvalue weighted by Gasteiger charge is -2.17. The highest BCUT2D eigenvalue weighted by Gasteiger charge is 2.35. The zero-order valence-electron chi connectivity index (χ0n) is 13.3. The van der Waals surface area contributed by atoms with Gasteiger partial charge in [-0.1, -0.05) is 5.16 Å². The fourth-order valence-electron chi connectivity index (χ4n) is 3.12. The molecule has 4 rings (SSSR count). The summed E-state index contributed by atoms with van der Waals surface area (Å²) in [6.07, 6.45) is 4.75. The summed E-state index contributed by atoms with van der Waals surface area (Å²) in [7, 11) is 0. The molecule has 0 bridgehead atoms. The number of nitrogens with zero attached hydrogens (tertiary/aromatic N) is 5. The summed E-state index contributed by atoms with van der Waals surface area (Å²) in [5.41, 5.74) is 1.57. The van der Waals surface area contributed by atoms with Crippen molar-refractivity contribution in [2.45, 2.75) is 44.9 Å². The molecule has 1 atom stereocenters. The van der Waals surface area contributed by atoms with E-state index in [1.54, 1.807) is 13.1 Å². The Kier molecular flexibility index (Phi) is 3.36. The third-order valence-corrected chi connectivity index (χ3v) is 4.50. The first-order chi connectivity index (χ1) is 11.1. The van der Waals surface area contributed by atoms with E-state index in [1.807, 2.05) is 11.8 Å². The van der Waals surface area contributed by atoms with E-state index in [0.29, 0.717) is 36.3 Å². The van der Waals surface area contributed by atoms with Gasteiger partial charge in [0, 0.05) is 25.2 Å². The highest BCUT2D eigenvalue weighted by atomic mass is 16.5. The second-order valence-electron chi connectivity index (χ2n) is 6.41. The SMILES string of the molecule is Cc1noc([C@@H]2CCN(C(=O)c3cnc(C)nc3C3CC3)C2)n1. The van der Waals surface area contributed by atoms with Crippen LogP contribution in [-0.2, 0) is 0 Å². The van der Waals surface area contributed by atoms with Gasteiger partial charge in [0.05, 0.1) is 17.2 Å². The topological polar surface area (TPSA) is 85.0 Å². The van der Waals surface area contributed by atoms with Crippen LogP contribution in [0.5, 0.6) is 0 Å². The van der Waals surface area contributed by atoms with Crippen LogP contribution in [-0.4, -0.2) is 44.0 Å². The van der Waals surface area contributed by atoms with Gasteiger partial charge in [-0.15, -0.1) is 0 Å². The van der Waals surface area contributed by atoms with Crippen LogP contribution in [0.4, 0.5) is 0 Å². The Morgan fingerprint density at radius 2 is 2.00 bits per heavy atom. The van der Waals surface area contributed by atoms with Crippen LogP contribution < -0.4 is 0 Å². The van der Waals surface area contributed by atoms with Gasteiger partial charge < -0.3 is 9.42 Å². The van der Waals surface area contributed by atoms with Crippen molar-refractivity contribution in [2.24, 2.45) is 0 Å². The average Bonchev–Trinajstić information content (AvgIpc) is 3.10. The molecular weight excluding hydrogens is 294 g/mol. The smallest absolute Gasteiger partial charge is 0.257 e. The molecule has 1 aliphatic carbocycles. The molecule has 1 aliphatic heterocycles. The van der Waals surface area contributed by atoms with Gasteiger partial charge in [0.1, 0.15) is 5.82 Å². The summed E-state index contributed by atoms with van der Waals surface area (Å²) in [5.74, 6) is 2.55. The minimum absolute atomic E-state index is 0.0191. The lowest BCUT2D eigenvalue weighted by Crippen LogP contribution is -2.30. The molecule has 0 N–H and O–H groups in total. The van der Waals surface area contributed by atoms with Crippen molar-refractivity contribution in [3.63, 3.8) is 0 Å². The van der Waals surface area contributed by atoms with Crippen molar-refractivity contribution >= 4 is 5.91 Å². The van der Waals surface area contributed by atoms with E-state index < -0.39 is 0 Å². The maximum absolute atomic E-state index is 12.9. The van der Waals surface area contributed by atoms with Crippen LogP contribution in [0.25, 0.3) is 0 Å². The molecule has 7 heteroatoms. The summed E-state index contributed by atoms with van der Waals surface area (Å²) in [6.45, 7) is 4.97. The van der Waals surface area contributed by atoms with Crippen molar-refractivity contribution in [3.8, 4) is 0 Å². The second kappa shape index (κ2) is 5.40. The molecule has 3 heterocycles. The van der Waals surface area contributed by atoms with Gasteiger partial charge >= 0.3 is 0 Å². The zero-order chi connectivity index (χ0) is 16.0. The highest BCUT2D eigenvalue weighted by Crippen LogP contribution is 2.41. The molecule has 2 aliphatic rings. The molecule has 1 saturated heterocycles. The molecule has 1 saturated carbocycles. The first kappa shape index (κ1) is 14.3. The van der Waals surface area contributed by atoms with Crippen LogP contribution >= 0.6 is 0 Å². The van der Waals surface area contributed by atoms with Crippen molar-refractivity contribution in [2.75, 3.05) is 13.1 Å². The van der Waals surface area contributed by atoms with Crippen molar-refractivity contribution < 1.29 is 9.32 Å². The molecule has 1 amide bonds.